The van der Waals surface area contributed by atoms with Crippen LogP contribution in [0.25, 0.3) is 0 Å². The van der Waals surface area contributed by atoms with Crippen LogP contribution in [0.1, 0.15) is 12.5 Å². The Morgan fingerprint density at radius 1 is 1.30 bits per heavy atom. The number of ether oxygens (including phenoxy) is 1. The zero-order chi connectivity index (χ0) is 17.0. The van der Waals surface area contributed by atoms with Gasteiger partial charge in [-0.2, -0.15) is 0 Å². The van der Waals surface area contributed by atoms with Crippen molar-refractivity contribution in [3.63, 3.8) is 0 Å². The summed E-state index contributed by atoms with van der Waals surface area (Å²) in [6.45, 7) is 3.50. The topological polar surface area (TPSA) is 81.5 Å². The predicted molar refractivity (Wildman–Crippen MR) is 88.0 cm³/mol. The van der Waals surface area contributed by atoms with Crippen LogP contribution >= 0.6 is 11.6 Å². The molecule has 0 aromatic heterocycles. The van der Waals surface area contributed by atoms with Crippen LogP contribution in [0.3, 0.4) is 0 Å². The average molecular weight is 335 g/mol. The molecule has 0 aliphatic heterocycles. The molecule has 0 unspecified atom stereocenters. The number of nitrogens with one attached hydrogen (secondary N) is 1. The van der Waals surface area contributed by atoms with Gasteiger partial charge in [-0.1, -0.05) is 23.7 Å². The van der Waals surface area contributed by atoms with Gasteiger partial charge >= 0.3 is 0 Å². The number of hydrogen-bond donors (Lipinski definition) is 1. The summed E-state index contributed by atoms with van der Waals surface area (Å²) in [5.74, 6) is -0.130. The fourth-order valence-corrected chi connectivity index (χ4v) is 2.13. The summed E-state index contributed by atoms with van der Waals surface area (Å²) in [6.07, 6.45) is -0.811. The van der Waals surface area contributed by atoms with E-state index in [1.807, 2.05) is 25.1 Å². The van der Waals surface area contributed by atoms with Crippen LogP contribution in [0, 0.1) is 17.0 Å². The van der Waals surface area contributed by atoms with Gasteiger partial charge in [-0.25, -0.2) is 0 Å². The van der Waals surface area contributed by atoms with Crippen LogP contribution in [0.15, 0.2) is 42.5 Å². The van der Waals surface area contributed by atoms with E-state index in [-0.39, 0.29) is 22.4 Å². The SMILES string of the molecule is Cc1cccc(NC(=O)[C@H](C)Oc2ccc([N+](=O)[O-])cc2Cl)c1. The van der Waals surface area contributed by atoms with Crippen molar-refractivity contribution in [3.05, 3.63) is 63.2 Å². The first kappa shape index (κ1) is 16.8. The monoisotopic (exact) mass is 334 g/mol. The number of non-ortho nitro benzene ring substituents is 1. The number of hydrogen-bond acceptors (Lipinski definition) is 4. The fraction of sp³-hybridized carbons (Fsp3) is 0.188. The molecular weight excluding hydrogens is 320 g/mol. The lowest BCUT2D eigenvalue weighted by Crippen LogP contribution is -2.30. The van der Waals surface area contributed by atoms with Crippen molar-refractivity contribution >= 4 is 28.9 Å². The quantitative estimate of drug-likeness (QED) is 0.662. The summed E-state index contributed by atoms with van der Waals surface area (Å²) in [5.41, 5.74) is 1.55. The maximum Gasteiger partial charge on any atom is 0.271 e. The Bertz CT molecular complexity index is 749. The molecule has 0 aliphatic carbocycles. The first-order valence-electron chi connectivity index (χ1n) is 6.85. The van der Waals surface area contributed by atoms with Gasteiger partial charge in [-0.15, -0.1) is 0 Å². The van der Waals surface area contributed by atoms with Gasteiger partial charge in [0.1, 0.15) is 5.75 Å². The van der Waals surface area contributed by atoms with Gasteiger partial charge in [0.05, 0.1) is 9.95 Å². The minimum absolute atomic E-state index is 0.0782. The first-order valence-corrected chi connectivity index (χ1v) is 7.23. The van der Waals surface area contributed by atoms with Gasteiger partial charge in [-0.3, -0.25) is 14.9 Å². The number of nitro benzene ring substituents is 1. The van der Waals surface area contributed by atoms with E-state index in [0.717, 1.165) is 5.56 Å². The molecule has 120 valence electrons. The first-order chi connectivity index (χ1) is 10.9. The molecule has 0 heterocycles. The Balaban J connectivity index is 2.05. The van der Waals surface area contributed by atoms with Crippen molar-refractivity contribution in [3.8, 4) is 5.75 Å². The zero-order valence-corrected chi connectivity index (χ0v) is 13.3. The molecule has 1 amide bonds. The molecule has 0 bridgehead atoms. The Labute approximate surface area is 138 Å². The molecule has 7 heteroatoms. The van der Waals surface area contributed by atoms with E-state index < -0.39 is 11.0 Å². The second-order valence-corrected chi connectivity index (χ2v) is 5.40. The molecule has 0 aliphatic rings. The number of carbonyl (C=O) groups excluding carboxylic acids is 1. The van der Waals surface area contributed by atoms with Crippen molar-refractivity contribution in [2.45, 2.75) is 20.0 Å². The number of benzene rings is 2. The van der Waals surface area contributed by atoms with Crippen LogP contribution in [-0.2, 0) is 4.79 Å². The Morgan fingerprint density at radius 3 is 2.65 bits per heavy atom. The van der Waals surface area contributed by atoms with E-state index in [4.69, 9.17) is 16.3 Å². The second kappa shape index (κ2) is 7.11. The number of anilines is 1. The molecule has 2 aromatic rings. The highest BCUT2D eigenvalue weighted by Gasteiger charge is 2.18. The average Bonchev–Trinajstić information content (AvgIpc) is 2.49. The summed E-state index contributed by atoms with van der Waals surface area (Å²) in [7, 11) is 0. The van der Waals surface area contributed by atoms with E-state index >= 15 is 0 Å². The van der Waals surface area contributed by atoms with E-state index in [0.29, 0.717) is 5.69 Å². The molecule has 1 atom stereocenters. The molecule has 23 heavy (non-hydrogen) atoms. The number of carbonyl (C=O) groups is 1. The predicted octanol–water partition coefficient (Wildman–Crippen LogP) is 3.96. The number of rotatable bonds is 5. The summed E-state index contributed by atoms with van der Waals surface area (Å²) in [5, 5.41) is 13.5. The molecule has 1 N–H and O–H groups in total. The van der Waals surface area contributed by atoms with Crippen molar-refractivity contribution < 1.29 is 14.5 Å². The number of nitrogens with zero attached hydrogens (tertiary/aromatic N) is 1. The number of aryl methyl sites for hydroxylation is 1. The Kier molecular flexibility index (Phi) is 5.18. The van der Waals surface area contributed by atoms with Crippen LogP contribution in [-0.4, -0.2) is 16.9 Å². The van der Waals surface area contributed by atoms with Crippen LogP contribution in [0.4, 0.5) is 11.4 Å². The van der Waals surface area contributed by atoms with E-state index in [9.17, 15) is 14.9 Å². The second-order valence-electron chi connectivity index (χ2n) is 4.99. The number of halogens is 1. The van der Waals surface area contributed by atoms with Crippen LogP contribution in [0.5, 0.6) is 5.75 Å². The minimum atomic E-state index is -0.811. The maximum atomic E-state index is 12.1. The lowest BCUT2D eigenvalue weighted by molar-refractivity contribution is -0.384. The highest BCUT2D eigenvalue weighted by atomic mass is 35.5. The van der Waals surface area contributed by atoms with E-state index in [2.05, 4.69) is 5.32 Å². The number of nitro groups is 1. The molecule has 2 rings (SSSR count). The van der Waals surface area contributed by atoms with Crippen molar-refractivity contribution in [2.75, 3.05) is 5.32 Å². The summed E-state index contributed by atoms with van der Waals surface area (Å²) in [6, 6.07) is 11.2. The van der Waals surface area contributed by atoms with E-state index in [1.54, 1.807) is 13.0 Å². The lowest BCUT2D eigenvalue weighted by atomic mass is 10.2. The third-order valence-corrected chi connectivity index (χ3v) is 3.38. The van der Waals surface area contributed by atoms with Crippen molar-refractivity contribution in [1.29, 1.82) is 0 Å². The van der Waals surface area contributed by atoms with Gasteiger partial charge < -0.3 is 10.1 Å². The third kappa shape index (κ3) is 4.43. The van der Waals surface area contributed by atoms with Gasteiger partial charge in [0.25, 0.3) is 11.6 Å². The van der Waals surface area contributed by atoms with Gasteiger partial charge in [-0.05, 0) is 37.6 Å². The van der Waals surface area contributed by atoms with Crippen molar-refractivity contribution in [1.82, 2.24) is 0 Å². The zero-order valence-electron chi connectivity index (χ0n) is 12.6. The third-order valence-electron chi connectivity index (χ3n) is 3.08. The molecule has 0 saturated carbocycles. The molecule has 0 saturated heterocycles. The normalized spacial score (nSPS) is 11.6. The minimum Gasteiger partial charge on any atom is -0.479 e. The largest absolute Gasteiger partial charge is 0.479 e. The molecule has 6 nitrogen and oxygen atoms in total. The highest BCUT2D eigenvalue weighted by Crippen LogP contribution is 2.29. The summed E-state index contributed by atoms with van der Waals surface area (Å²) in [4.78, 5) is 22.2. The fourth-order valence-electron chi connectivity index (χ4n) is 1.91. The van der Waals surface area contributed by atoms with Crippen LogP contribution in [0.2, 0.25) is 5.02 Å². The molecule has 0 spiro atoms. The lowest BCUT2D eigenvalue weighted by Gasteiger charge is -2.15. The summed E-state index contributed by atoms with van der Waals surface area (Å²) >= 11 is 5.94. The van der Waals surface area contributed by atoms with Crippen LogP contribution < -0.4 is 10.1 Å². The maximum absolute atomic E-state index is 12.1. The highest BCUT2D eigenvalue weighted by molar-refractivity contribution is 6.32. The summed E-state index contributed by atoms with van der Waals surface area (Å²) < 4.78 is 5.48. The molecular formula is C16H15ClN2O4. The standard InChI is InChI=1S/C16H15ClN2O4/c1-10-4-3-5-12(8-10)18-16(20)11(2)23-15-7-6-13(19(21)22)9-14(15)17/h3-9,11H,1-2H3,(H,18,20)/t11-/m0/s1. The van der Waals surface area contributed by atoms with Gasteiger partial charge in [0.15, 0.2) is 6.10 Å². The van der Waals surface area contributed by atoms with Gasteiger partial charge in [0.2, 0.25) is 0 Å². The number of amides is 1. The molecule has 2 aromatic carbocycles. The van der Waals surface area contributed by atoms with Gasteiger partial charge in [0, 0.05) is 17.8 Å². The Morgan fingerprint density at radius 2 is 2.04 bits per heavy atom. The van der Waals surface area contributed by atoms with E-state index in [1.165, 1.54) is 18.2 Å². The molecule has 0 radical (unpaired) electrons. The smallest absolute Gasteiger partial charge is 0.271 e. The Hall–Kier alpha value is -2.60. The van der Waals surface area contributed by atoms with Crippen molar-refractivity contribution in [2.24, 2.45) is 0 Å². The molecule has 0 fully saturated rings.